The average Bonchev–Trinajstić information content (AvgIpc) is 3.62. The summed E-state index contributed by atoms with van der Waals surface area (Å²) in [4.78, 5) is 19.9. The third-order valence-corrected chi connectivity index (χ3v) is 8.89. The average molecular weight is 626 g/mol. The molecule has 0 bridgehead atoms. The number of ether oxygens (including phenoxy) is 1. The van der Waals surface area contributed by atoms with Crippen molar-refractivity contribution in [2.75, 3.05) is 24.7 Å². The number of anilines is 1. The van der Waals surface area contributed by atoms with Gasteiger partial charge in [-0.15, -0.1) is 11.7 Å². The molecule has 1 fully saturated rings. The van der Waals surface area contributed by atoms with E-state index in [0.717, 1.165) is 6.92 Å². The van der Waals surface area contributed by atoms with Crippen molar-refractivity contribution in [3.63, 3.8) is 0 Å². The fourth-order valence-corrected chi connectivity index (χ4v) is 6.00. The normalized spacial score (nSPS) is 18.3. The number of amides is 1. The number of aliphatic hydroxyl groups excluding tert-OH is 1. The molecule has 2 N–H and O–H groups in total. The monoisotopic (exact) mass is 625 g/mol. The van der Waals surface area contributed by atoms with Crippen LogP contribution in [-0.4, -0.2) is 75.5 Å². The number of aliphatic hydroxyl groups is 1. The van der Waals surface area contributed by atoms with Crippen molar-refractivity contribution in [3.8, 4) is 11.7 Å². The molecule has 234 valence electrons. The van der Waals surface area contributed by atoms with Crippen molar-refractivity contribution in [1.82, 2.24) is 29.3 Å². The number of halogens is 3. The zero-order valence-corrected chi connectivity index (χ0v) is 25.2. The van der Waals surface area contributed by atoms with Crippen LogP contribution in [0.5, 0.6) is 5.88 Å². The molecule has 2 atom stereocenters. The van der Waals surface area contributed by atoms with E-state index in [4.69, 9.17) is 4.74 Å². The Morgan fingerprint density at radius 2 is 1.98 bits per heavy atom. The molecule has 1 saturated heterocycles. The molecule has 0 aliphatic carbocycles. The first kappa shape index (κ1) is 32.0. The second kappa shape index (κ2) is 11.3. The van der Waals surface area contributed by atoms with Crippen LogP contribution in [0.1, 0.15) is 43.2 Å². The first-order valence-corrected chi connectivity index (χ1v) is 14.7. The summed E-state index contributed by atoms with van der Waals surface area (Å²) in [6.07, 6.45) is 0.508. The minimum absolute atomic E-state index is 0.0147. The summed E-state index contributed by atoms with van der Waals surface area (Å²) in [7, 11) is -2.71. The third-order valence-electron chi connectivity index (χ3n) is 7.46. The van der Waals surface area contributed by atoms with E-state index in [1.807, 2.05) is 18.7 Å². The molecule has 4 heterocycles. The topological polar surface area (TPSA) is 144 Å². The molecule has 4 rings (SSSR count). The number of alkyl halides is 3. The van der Waals surface area contributed by atoms with Gasteiger partial charge in [0.2, 0.25) is 5.88 Å². The summed E-state index contributed by atoms with van der Waals surface area (Å²) in [5, 5.41) is 17.5. The standard InChI is InChI=1S/C27H34F3N7O5S/c1-7-18-12-25(3,4)36(13-18)23-19(24(39)34-43(40,41)20-14-35(6)32-17(20)2)8-9-21(31-23)37-11-10-22(33-37)42-16-26(5,15-38)27(28,29)30/h7-11,14,18,38H,1,12-13,15-16H2,2-6H3,(H,34,39)/t18-,26?/m0/s1. The summed E-state index contributed by atoms with van der Waals surface area (Å²) < 4.78 is 76.1. The van der Waals surface area contributed by atoms with Gasteiger partial charge in [0, 0.05) is 37.6 Å². The van der Waals surface area contributed by atoms with Crippen molar-refractivity contribution in [2.24, 2.45) is 18.4 Å². The molecular formula is C27H34F3N7O5S. The molecule has 12 nitrogen and oxygen atoms in total. The number of hydrogen-bond donors (Lipinski definition) is 2. The lowest BCUT2D eigenvalue weighted by atomic mass is 9.92. The van der Waals surface area contributed by atoms with Crippen molar-refractivity contribution in [2.45, 2.75) is 50.7 Å². The van der Waals surface area contributed by atoms with E-state index in [1.54, 1.807) is 13.1 Å². The van der Waals surface area contributed by atoms with Gasteiger partial charge < -0.3 is 14.7 Å². The van der Waals surface area contributed by atoms with Gasteiger partial charge in [-0.25, -0.2) is 22.8 Å². The molecule has 3 aromatic rings. The number of rotatable bonds is 10. The van der Waals surface area contributed by atoms with Crippen LogP contribution in [0.3, 0.4) is 0 Å². The number of hydrogen-bond acceptors (Lipinski definition) is 9. The second-order valence-corrected chi connectivity index (χ2v) is 13.1. The number of nitrogens with zero attached hydrogens (tertiary/aromatic N) is 6. The van der Waals surface area contributed by atoms with Crippen molar-refractivity contribution < 1.29 is 36.2 Å². The summed E-state index contributed by atoms with van der Waals surface area (Å²) in [6, 6.07) is 4.18. The van der Waals surface area contributed by atoms with Crippen LogP contribution in [0.15, 0.2) is 48.1 Å². The lowest BCUT2D eigenvalue weighted by Gasteiger charge is -2.33. The number of sulfonamides is 1. The molecule has 0 spiro atoms. The van der Waals surface area contributed by atoms with Gasteiger partial charge in [0.15, 0.2) is 5.82 Å². The highest BCUT2D eigenvalue weighted by atomic mass is 32.2. The van der Waals surface area contributed by atoms with Gasteiger partial charge in [-0.05, 0) is 52.2 Å². The zero-order chi connectivity index (χ0) is 32.0. The molecule has 16 heteroatoms. The fourth-order valence-electron chi connectivity index (χ4n) is 4.81. The molecule has 1 aliphatic rings. The quantitative estimate of drug-likeness (QED) is 0.325. The lowest BCUT2D eigenvalue weighted by molar-refractivity contribution is -0.237. The first-order chi connectivity index (χ1) is 19.9. The van der Waals surface area contributed by atoms with E-state index in [9.17, 15) is 31.5 Å². The van der Waals surface area contributed by atoms with Crippen LogP contribution < -0.4 is 14.4 Å². The highest BCUT2D eigenvalue weighted by Crippen LogP contribution is 2.39. The fraction of sp³-hybridized carbons (Fsp3) is 0.481. The number of nitrogens with one attached hydrogen (secondary N) is 1. The molecule has 3 aromatic heterocycles. The summed E-state index contributed by atoms with van der Waals surface area (Å²) in [6.45, 7) is 8.57. The van der Waals surface area contributed by atoms with Gasteiger partial charge in [0.25, 0.3) is 15.9 Å². The van der Waals surface area contributed by atoms with Crippen molar-refractivity contribution in [3.05, 3.63) is 54.5 Å². The predicted molar refractivity (Wildman–Crippen MR) is 150 cm³/mol. The Morgan fingerprint density at radius 1 is 1.28 bits per heavy atom. The van der Waals surface area contributed by atoms with Crippen LogP contribution in [-0.2, 0) is 17.1 Å². The van der Waals surface area contributed by atoms with Crippen LogP contribution in [0.25, 0.3) is 5.82 Å². The summed E-state index contributed by atoms with van der Waals surface area (Å²) in [5.74, 6) is -0.594. The van der Waals surface area contributed by atoms with Crippen LogP contribution >= 0.6 is 0 Å². The Kier molecular flexibility index (Phi) is 8.41. The van der Waals surface area contributed by atoms with E-state index in [-0.39, 0.29) is 39.6 Å². The predicted octanol–water partition coefficient (Wildman–Crippen LogP) is 3.16. The lowest BCUT2D eigenvalue weighted by Crippen LogP contribution is -2.43. The molecule has 0 radical (unpaired) electrons. The molecular weight excluding hydrogens is 591 g/mol. The van der Waals surface area contributed by atoms with Gasteiger partial charge >= 0.3 is 6.18 Å². The van der Waals surface area contributed by atoms with Gasteiger partial charge in [-0.1, -0.05) is 6.08 Å². The Morgan fingerprint density at radius 3 is 2.53 bits per heavy atom. The molecule has 0 aromatic carbocycles. The van der Waals surface area contributed by atoms with Gasteiger partial charge in [0.1, 0.15) is 22.7 Å². The molecule has 0 saturated carbocycles. The molecule has 1 amide bonds. The van der Waals surface area contributed by atoms with E-state index >= 15 is 0 Å². The van der Waals surface area contributed by atoms with E-state index in [2.05, 4.69) is 26.5 Å². The smallest absolute Gasteiger partial charge is 0.399 e. The zero-order valence-electron chi connectivity index (χ0n) is 24.4. The van der Waals surface area contributed by atoms with Gasteiger partial charge in [0.05, 0.1) is 17.9 Å². The van der Waals surface area contributed by atoms with Crippen molar-refractivity contribution in [1.29, 1.82) is 0 Å². The number of carbonyl (C=O) groups excluding carboxylic acids is 1. The summed E-state index contributed by atoms with van der Waals surface area (Å²) in [5.41, 5.74) is -2.78. The Bertz CT molecular complexity index is 1630. The molecule has 43 heavy (non-hydrogen) atoms. The molecule has 1 unspecified atom stereocenters. The number of aromatic nitrogens is 5. The molecule has 1 aliphatic heterocycles. The Hall–Kier alpha value is -3.92. The third kappa shape index (κ3) is 6.39. The highest BCUT2D eigenvalue weighted by molar-refractivity contribution is 7.90. The largest absolute Gasteiger partial charge is 0.476 e. The maximum Gasteiger partial charge on any atom is 0.399 e. The number of pyridine rings is 1. The highest BCUT2D eigenvalue weighted by Gasteiger charge is 2.51. The Balaban J connectivity index is 1.69. The van der Waals surface area contributed by atoms with Crippen LogP contribution in [0.4, 0.5) is 19.0 Å². The van der Waals surface area contributed by atoms with E-state index < -0.39 is 46.3 Å². The van der Waals surface area contributed by atoms with Gasteiger partial charge in [-0.3, -0.25) is 9.48 Å². The van der Waals surface area contributed by atoms with E-state index in [1.165, 1.54) is 46.9 Å². The first-order valence-electron chi connectivity index (χ1n) is 13.3. The number of carbonyl (C=O) groups is 1. The van der Waals surface area contributed by atoms with Gasteiger partial charge in [-0.2, -0.15) is 18.3 Å². The minimum Gasteiger partial charge on any atom is -0.476 e. The SMILES string of the molecule is C=C[C@@H]1CN(c2nc(-n3ccc(OCC(C)(CO)C(F)(F)F)n3)ccc2C(=O)NS(=O)(=O)c2cn(C)nc2C)C(C)(C)C1. The maximum atomic E-state index is 13.5. The summed E-state index contributed by atoms with van der Waals surface area (Å²) >= 11 is 0. The Labute approximate surface area is 247 Å². The van der Waals surface area contributed by atoms with E-state index in [0.29, 0.717) is 13.0 Å². The van der Waals surface area contributed by atoms with Crippen LogP contribution in [0.2, 0.25) is 0 Å². The number of aryl methyl sites for hydroxylation is 2. The minimum atomic E-state index is -4.70. The van der Waals surface area contributed by atoms with Crippen LogP contribution in [0, 0.1) is 18.3 Å². The second-order valence-electron chi connectivity index (χ2n) is 11.5. The maximum absolute atomic E-state index is 13.5. The van der Waals surface area contributed by atoms with Crippen molar-refractivity contribution >= 4 is 21.7 Å².